The van der Waals surface area contributed by atoms with Gasteiger partial charge >= 0.3 is 0 Å². The van der Waals surface area contributed by atoms with E-state index in [-0.39, 0.29) is 18.6 Å². The number of aromatic nitrogens is 3. The minimum absolute atomic E-state index is 0.0394. The van der Waals surface area contributed by atoms with Gasteiger partial charge in [-0.25, -0.2) is 9.97 Å². The van der Waals surface area contributed by atoms with E-state index in [1.807, 2.05) is 54.6 Å². The SMILES string of the molecule is C=CC(=O)Nc1cccc(-c2cccc3cnc(Nc4ccc(N5CCO[C@H](CO)C5)nc4OC)nc23)c1. The number of rotatable bonds is 8. The van der Waals surface area contributed by atoms with E-state index in [9.17, 15) is 9.90 Å². The third kappa shape index (κ3) is 5.41. The highest BCUT2D eigenvalue weighted by Crippen LogP contribution is 2.32. The number of nitrogens with zero attached hydrogens (tertiary/aromatic N) is 4. The third-order valence-corrected chi connectivity index (χ3v) is 6.19. The summed E-state index contributed by atoms with van der Waals surface area (Å²) < 4.78 is 11.1. The lowest BCUT2D eigenvalue weighted by molar-refractivity contribution is -0.111. The average Bonchev–Trinajstić information content (AvgIpc) is 2.97. The molecule has 0 unspecified atom stereocenters. The van der Waals surface area contributed by atoms with Crippen LogP contribution < -0.4 is 20.3 Å². The van der Waals surface area contributed by atoms with Gasteiger partial charge in [0.2, 0.25) is 17.7 Å². The van der Waals surface area contributed by atoms with E-state index in [0.29, 0.717) is 42.9 Å². The number of nitrogens with one attached hydrogen (secondary N) is 2. The first-order valence-corrected chi connectivity index (χ1v) is 12.2. The third-order valence-electron chi connectivity index (χ3n) is 6.19. The molecule has 1 aliphatic rings. The predicted octanol–water partition coefficient (Wildman–Crippen LogP) is 3.77. The Morgan fingerprint density at radius 2 is 2.11 bits per heavy atom. The molecule has 10 heteroatoms. The van der Waals surface area contributed by atoms with Crippen molar-refractivity contribution in [2.45, 2.75) is 6.10 Å². The van der Waals surface area contributed by atoms with Crippen molar-refractivity contribution in [3.05, 3.63) is 73.4 Å². The summed E-state index contributed by atoms with van der Waals surface area (Å²) in [6.45, 7) is 5.21. The molecule has 4 aromatic rings. The molecular formula is C28H28N6O4. The summed E-state index contributed by atoms with van der Waals surface area (Å²) in [6, 6.07) is 17.2. The molecule has 2 aromatic carbocycles. The molecule has 1 fully saturated rings. The van der Waals surface area contributed by atoms with Gasteiger partial charge in [0.05, 0.1) is 31.9 Å². The Balaban J connectivity index is 1.44. The van der Waals surface area contributed by atoms with Crippen LogP contribution in [0.15, 0.2) is 73.4 Å². The highest BCUT2D eigenvalue weighted by atomic mass is 16.5. The van der Waals surface area contributed by atoms with E-state index in [2.05, 4.69) is 32.1 Å². The molecule has 0 aliphatic carbocycles. The van der Waals surface area contributed by atoms with Crippen molar-refractivity contribution >= 4 is 40.0 Å². The number of aliphatic hydroxyl groups is 1. The number of methoxy groups -OCH3 is 1. The van der Waals surface area contributed by atoms with E-state index in [1.165, 1.54) is 6.08 Å². The van der Waals surface area contributed by atoms with Gasteiger partial charge in [0.25, 0.3) is 0 Å². The summed E-state index contributed by atoms with van der Waals surface area (Å²) in [7, 11) is 1.56. The van der Waals surface area contributed by atoms with Crippen LogP contribution in [0.3, 0.4) is 0 Å². The lowest BCUT2D eigenvalue weighted by Gasteiger charge is -2.33. The maximum atomic E-state index is 11.8. The number of amides is 1. The zero-order chi connectivity index (χ0) is 26.5. The second-order valence-corrected chi connectivity index (χ2v) is 8.68. The molecule has 10 nitrogen and oxygen atoms in total. The van der Waals surface area contributed by atoms with Gasteiger partial charge in [-0.1, -0.05) is 36.9 Å². The van der Waals surface area contributed by atoms with Gasteiger partial charge in [0.1, 0.15) is 11.5 Å². The lowest BCUT2D eigenvalue weighted by Crippen LogP contribution is -2.44. The van der Waals surface area contributed by atoms with Crippen molar-refractivity contribution in [1.82, 2.24) is 15.0 Å². The Hall–Kier alpha value is -4.54. The first-order chi connectivity index (χ1) is 18.6. The number of hydrogen-bond acceptors (Lipinski definition) is 9. The van der Waals surface area contributed by atoms with Crippen molar-refractivity contribution < 1.29 is 19.4 Å². The Kier molecular flexibility index (Phi) is 7.43. The molecule has 1 amide bonds. The van der Waals surface area contributed by atoms with Crippen LogP contribution in [0.2, 0.25) is 0 Å². The fourth-order valence-electron chi connectivity index (χ4n) is 4.32. The number of fused-ring (bicyclic) bond motifs is 1. The fraction of sp³-hybridized carbons (Fsp3) is 0.214. The molecule has 5 rings (SSSR count). The number of para-hydroxylation sites is 1. The molecule has 0 bridgehead atoms. The number of hydrogen-bond donors (Lipinski definition) is 3. The maximum absolute atomic E-state index is 11.8. The minimum Gasteiger partial charge on any atom is -0.479 e. The topological polar surface area (TPSA) is 122 Å². The summed E-state index contributed by atoms with van der Waals surface area (Å²) in [6.07, 6.45) is 2.75. The van der Waals surface area contributed by atoms with Gasteiger partial charge < -0.3 is 30.1 Å². The van der Waals surface area contributed by atoms with Gasteiger partial charge in [0, 0.05) is 35.9 Å². The van der Waals surface area contributed by atoms with Gasteiger partial charge in [0.15, 0.2) is 0 Å². The molecule has 38 heavy (non-hydrogen) atoms. The Bertz CT molecular complexity index is 1480. The van der Waals surface area contributed by atoms with E-state index in [4.69, 9.17) is 14.5 Å². The number of carbonyl (C=O) groups is 1. The zero-order valence-corrected chi connectivity index (χ0v) is 20.9. The largest absolute Gasteiger partial charge is 0.479 e. The standard InChI is InChI=1S/C28H28N6O4/c1-3-25(36)30-20-8-4-6-18(14-20)22-9-5-7-19-15-29-28(33-26(19)22)31-23-10-11-24(32-27(23)37-2)34-12-13-38-21(16-34)17-35/h3-11,14-15,21,35H,1,12-13,16-17H2,2H3,(H,30,36)(H,29,31,33)/t21-/m0/s1. The summed E-state index contributed by atoms with van der Waals surface area (Å²) in [5, 5.41) is 16.3. The first kappa shape index (κ1) is 25.1. The van der Waals surface area contributed by atoms with Crippen molar-refractivity contribution in [2.75, 3.05) is 48.9 Å². The van der Waals surface area contributed by atoms with Crippen LogP contribution in [0.25, 0.3) is 22.0 Å². The number of ether oxygens (including phenoxy) is 2. The van der Waals surface area contributed by atoms with Crippen molar-refractivity contribution in [3.8, 4) is 17.0 Å². The van der Waals surface area contributed by atoms with Gasteiger partial charge in [-0.05, 0) is 35.9 Å². The van der Waals surface area contributed by atoms with E-state index in [1.54, 1.807) is 13.3 Å². The van der Waals surface area contributed by atoms with Gasteiger partial charge in [-0.15, -0.1) is 0 Å². The zero-order valence-electron chi connectivity index (χ0n) is 20.9. The molecule has 0 saturated carbocycles. The highest BCUT2D eigenvalue weighted by Gasteiger charge is 2.22. The molecule has 194 valence electrons. The summed E-state index contributed by atoms with van der Waals surface area (Å²) in [5.41, 5.74) is 3.84. The van der Waals surface area contributed by atoms with Crippen LogP contribution in [0.1, 0.15) is 0 Å². The highest BCUT2D eigenvalue weighted by molar-refractivity contribution is 6.00. The quantitative estimate of drug-likeness (QED) is 0.303. The van der Waals surface area contributed by atoms with Crippen LogP contribution in [0, 0.1) is 0 Å². The first-order valence-electron chi connectivity index (χ1n) is 12.2. The summed E-state index contributed by atoms with van der Waals surface area (Å²) in [5.74, 6) is 1.25. The van der Waals surface area contributed by atoms with E-state index in [0.717, 1.165) is 27.8 Å². The van der Waals surface area contributed by atoms with Crippen LogP contribution in [-0.2, 0) is 9.53 Å². The molecule has 1 aliphatic heterocycles. The van der Waals surface area contributed by atoms with Gasteiger partial charge in [-0.2, -0.15) is 4.98 Å². The van der Waals surface area contributed by atoms with Crippen LogP contribution in [-0.4, -0.2) is 65.5 Å². The van der Waals surface area contributed by atoms with E-state index < -0.39 is 0 Å². The molecule has 1 atom stereocenters. The normalized spacial score (nSPS) is 15.2. The predicted molar refractivity (Wildman–Crippen MR) is 147 cm³/mol. The minimum atomic E-state index is -0.274. The Labute approximate surface area is 220 Å². The van der Waals surface area contributed by atoms with Crippen molar-refractivity contribution in [2.24, 2.45) is 0 Å². The smallest absolute Gasteiger partial charge is 0.247 e. The number of benzene rings is 2. The summed E-state index contributed by atoms with van der Waals surface area (Å²) >= 11 is 0. The summed E-state index contributed by atoms with van der Waals surface area (Å²) in [4.78, 5) is 27.8. The lowest BCUT2D eigenvalue weighted by atomic mass is 10.0. The molecule has 2 aromatic heterocycles. The van der Waals surface area contributed by atoms with Crippen molar-refractivity contribution in [3.63, 3.8) is 0 Å². The van der Waals surface area contributed by atoms with Gasteiger partial charge in [-0.3, -0.25) is 4.79 Å². The second-order valence-electron chi connectivity index (χ2n) is 8.68. The average molecular weight is 513 g/mol. The molecule has 1 saturated heterocycles. The Morgan fingerprint density at radius 3 is 2.92 bits per heavy atom. The second kappa shape index (κ2) is 11.2. The van der Waals surface area contributed by atoms with E-state index >= 15 is 0 Å². The van der Waals surface area contributed by atoms with Crippen molar-refractivity contribution in [1.29, 1.82) is 0 Å². The van der Waals surface area contributed by atoms with Crippen LogP contribution >= 0.6 is 0 Å². The number of pyridine rings is 1. The molecule has 3 N–H and O–H groups in total. The molecular weight excluding hydrogens is 484 g/mol. The molecule has 0 radical (unpaired) electrons. The molecule has 3 heterocycles. The Morgan fingerprint density at radius 1 is 1.24 bits per heavy atom. The monoisotopic (exact) mass is 512 g/mol. The number of anilines is 4. The number of aliphatic hydroxyl groups excluding tert-OH is 1. The number of morpholine rings is 1. The molecule has 0 spiro atoms. The fourth-order valence-corrected chi connectivity index (χ4v) is 4.32. The van der Waals surface area contributed by atoms with Crippen LogP contribution in [0.4, 0.5) is 23.1 Å². The number of carbonyl (C=O) groups excluding carboxylic acids is 1. The van der Waals surface area contributed by atoms with Crippen LogP contribution in [0.5, 0.6) is 5.88 Å². The maximum Gasteiger partial charge on any atom is 0.247 e.